The second kappa shape index (κ2) is 5.75. The van der Waals surface area contributed by atoms with E-state index in [4.69, 9.17) is 11.6 Å². The van der Waals surface area contributed by atoms with Crippen LogP contribution in [0.3, 0.4) is 0 Å². The minimum absolute atomic E-state index is 0.0442. The molecule has 2 aromatic heterocycles. The zero-order chi connectivity index (χ0) is 15.8. The van der Waals surface area contributed by atoms with E-state index < -0.39 is 0 Å². The molecule has 1 amide bonds. The summed E-state index contributed by atoms with van der Waals surface area (Å²) < 4.78 is 0. The fourth-order valence-corrected chi connectivity index (χ4v) is 3.41. The number of carbonyl (C=O) groups is 1. The van der Waals surface area contributed by atoms with E-state index >= 15 is 0 Å². The van der Waals surface area contributed by atoms with Gasteiger partial charge in [0.15, 0.2) is 10.8 Å². The van der Waals surface area contributed by atoms with Crippen molar-refractivity contribution in [3.63, 3.8) is 0 Å². The van der Waals surface area contributed by atoms with Gasteiger partial charge in [0, 0.05) is 29.4 Å². The van der Waals surface area contributed by atoms with Gasteiger partial charge >= 0.3 is 0 Å². The van der Waals surface area contributed by atoms with Gasteiger partial charge in [0.1, 0.15) is 12.0 Å². The number of carbonyl (C=O) groups excluding carboxylic acids is 1. The van der Waals surface area contributed by atoms with Gasteiger partial charge in [-0.2, -0.15) is 5.10 Å². The van der Waals surface area contributed by atoms with Crippen LogP contribution in [0.2, 0.25) is 5.02 Å². The largest absolute Gasteiger partial charge is 0.336 e. The molecule has 0 aliphatic carbocycles. The van der Waals surface area contributed by atoms with E-state index in [1.54, 1.807) is 10.3 Å². The number of aromatic amines is 1. The first-order valence-electron chi connectivity index (χ1n) is 7.07. The number of benzene rings is 1. The van der Waals surface area contributed by atoms with Crippen molar-refractivity contribution in [2.45, 2.75) is 5.92 Å². The van der Waals surface area contributed by atoms with Crippen LogP contribution in [0.25, 0.3) is 10.8 Å². The highest BCUT2D eigenvalue weighted by Gasteiger charge is 2.33. The third kappa shape index (κ3) is 2.73. The minimum Gasteiger partial charge on any atom is -0.336 e. The standard InChI is InChI=1S/C15H12ClN5OS/c16-11-3-1-9(2-4-11)10-5-21(6-10)15(22)12-7-23-14(19-12)13-17-8-18-20-13/h1-4,7-8,10H,5-6H2,(H,17,18,20). The first kappa shape index (κ1) is 14.3. The smallest absolute Gasteiger partial charge is 0.273 e. The lowest BCUT2D eigenvalue weighted by atomic mass is 9.91. The summed E-state index contributed by atoms with van der Waals surface area (Å²) in [6.45, 7) is 1.41. The molecule has 3 heterocycles. The Morgan fingerprint density at radius 2 is 2.09 bits per heavy atom. The molecule has 0 unspecified atom stereocenters. The minimum atomic E-state index is -0.0442. The number of thiazole rings is 1. The summed E-state index contributed by atoms with van der Waals surface area (Å²) in [4.78, 5) is 22.6. The highest BCUT2D eigenvalue weighted by Crippen LogP contribution is 2.30. The van der Waals surface area contributed by atoms with Gasteiger partial charge in [0.25, 0.3) is 5.91 Å². The average molecular weight is 346 g/mol. The SMILES string of the molecule is O=C(c1csc(-c2ncn[nH]2)n1)N1CC(c2ccc(Cl)cc2)C1. The van der Waals surface area contributed by atoms with Crippen LogP contribution in [0.5, 0.6) is 0 Å². The molecule has 1 fully saturated rings. The third-order valence-electron chi connectivity index (χ3n) is 3.85. The van der Waals surface area contributed by atoms with E-state index in [9.17, 15) is 4.79 Å². The number of nitrogens with one attached hydrogen (secondary N) is 1. The van der Waals surface area contributed by atoms with Crippen LogP contribution in [0.1, 0.15) is 22.0 Å². The van der Waals surface area contributed by atoms with E-state index in [-0.39, 0.29) is 5.91 Å². The fourth-order valence-electron chi connectivity index (χ4n) is 2.54. The maximum atomic E-state index is 12.4. The summed E-state index contributed by atoms with van der Waals surface area (Å²) >= 11 is 7.28. The number of hydrogen-bond acceptors (Lipinski definition) is 5. The molecule has 0 radical (unpaired) electrons. The molecule has 0 atom stereocenters. The van der Waals surface area contributed by atoms with Gasteiger partial charge in [0.05, 0.1) is 0 Å². The highest BCUT2D eigenvalue weighted by molar-refractivity contribution is 7.13. The van der Waals surface area contributed by atoms with Crippen molar-refractivity contribution < 1.29 is 4.79 Å². The number of hydrogen-bond donors (Lipinski definition) is 1. The first-order valence-corrected chi connectivity index (χ1v) is 8.32. The second-order valence-electron chi connectivity index (χ2n) is 5.33. The van der Waals surface area contributed by atoms with Crippen LogP contribution in [-0.4, -0.2) is 44.1 Å². The number of H-pyrrole nitrogens is 1. The summed E-state index contributed by atoms with van der Waals surface area (Å²) in [6.07, 6.45) is 1.42. The number of rotatable bonds is 3. The Labute approximate surface area is 141 Å². The Hall–Kier alpha value is -2.25. The Bertz CT molecular complexity index is 824. The molecule has 0 saturated carbocycles. The van der Waals surface area contributed by atoms with Gasteiger partial charge in [0.2, 0.25) is 0 Å². The van der Waals surface area contributed by atoms with Crippen LogP contribution < -0.4 is 0 Å². The molecule has 1 aliphatic rings. The monoisotopic (exact) mass is 345 g/mol. The summed E-state index contributed by atoms with van der Waals surface area (Å²) in [6, 6.07) is 7.79. The molecular weight excluding hydrogens is 334 g/mol. The van der Waals surface area contributed by atoms with E-state index in [1.165, 1.54) is 23.2 Å². The predicted molar refractivity (Wildman–Crippen MR) is 87.6 cm³/mol. The molecule has 23 heavy (non-hydrogen) atoms. The molecule has 1 saturated heterocycles. The summed E-state index contributed by atoms with van der Waals surface area (Å²) in [5.74, 6) is 0.900. The van der Waals surface area contributed by atoms with Crippen molar-refractivity contribution in [2.75, 3.05) is 13.1 Å². The summed E-state index contributed by atoms with van der Waals surface area (Å²) in [5.41, 5.74) is 1.66. The molecule has 116 valence electrons. The lowest BCUT2D eigenvalue weighted by Crippen LogP contribution is -2.48. The van der Waals surface area contributed by atoms with Gasteiger partial charge < -0.3 is 4.90 Å². The number of likely N-dealkylation sites (tertiary alicyclic amines) is 1. The lowest BCUT2D eigenvalue weighted by Gasteiger charge is -2.39. The van der Waals surface area contributed by atoms with Crippen LogP contribution >= 0.6 is 22.9 Å². The molecule has 1 aromatic carbocycles. The molecule has 4 rings (SSSR count). The molecule has 8 heteroatoms. The number of halogens is 1. The van der Waals surface area contributed by atoms with Gasteiger partial charge in [-0.05, 0) is 17.7 Å². The van der Waals surface area contributed by atoms with Crippen molar-refractivity contribution in [3.05, 3.63) is 52.3 Å². The van der Waals surface area contributed by atoms with Gasteiger partial charge in [-0.1, -0.05) is 23.7 Å². The van der Waals surface area contributed by atoms with Gasteiger partial charge in [-0.3, -0.25) is 9.89 Å². The quantitative estimate of drug-likeness (QED) is 0.792. The van der Waals surface area contributed by atoms with Crippen molar-refractivity contribution in [2.24, 2.45) is 0 Å². The Balaban J connectivity index is 1.42. The number of amides is 1. The molecule has 6 nitrogen and oxygen atoms in total. The maximum absolute atomic E-state index is 12.4. The van der Waals surface area contributed by atoms with Gasteiger partial charge in [-0.15, -0.1) is 11.3 Å². The van der Waals surface area contributed by atoms with E-state index in [0.29, 0.717) is 35.5 Å². The highest BCUT2D eigenvalue weighted by atomic mass is 35.5. The molecule has 0 spiro atoms. The number of nitrogens with zero attached hydrogens (tertiary/aromatic N) is 4. The molecule has 1 aliphatic heterocycles. The van der Waals surface area contributed by atoms with Crippen LogP contribution in [0, 0.1) is 0 Å². The zero-order valence-electron chi connectivity index (χ0n) is 11.9. The van der Waals surface area contributed by atoms with Crippen molar-refractivity contribution >= 4 is 28.8 Å². The maximum Gasteiger partial charge on any atom is 0.273 e. The Morgan fingerprint density at radius 1 is 1.30 bits per heavy atom. The van der Waals surface area contributed by atoms with E-state index in [0.717, 1.165) is 5.02 Å². The van der Waals surface area contributed by atoms with Crippen LogP contribution in [-0.2, 0) is 0 Å². The van der Waals surface area contributed by atoms with E-state index in [1.807, 2.05) is 24.3 Å². The van der Waals surface area contributed by atoms with Gasteiger partial charge in [-0.25, -0.2) is 9.97 Å². The molecule has 1 N–H and O–H groups in total. The number of aromatic nitrogens is 4. The fraction of sp³-hybridized carbons (Fsp3) is 0.200. The van der Waals surface area contributed by atoms with Crippen molar-refractivity contribution in [3.8, 4) is 10.8 Å². The second-order valence-corrected chi connectivity index (χ2v) is 6.63. The molecular formula is C15H12ClN5OS. The Morgan fingerprint density at radius 3 is 2.78 bits per heavy atom. The summed E-state index contributed by atoms with van der Waals surface area (Å²) in [5, 5.41) is 9.69. The first-order chi connectivity index (χ1) is 11.2. The van der Waals surface area contributed by atoms with E-state index in [2.05, 4.69) is 20.2 Å². The third-order valence-corrected chi connectivity index (χ3v) is 4.95. The normalized spacial score (nSPS) is 14.7. The lowest BCUT2D eigenvalue weighted by molar-refractivity contribution is 0.0597. The molecule has 3 aromatic rings. The molecule has 0 bridgehead atoms. The predicted octanol–water partition coefficient (Wildman–Crippen LogP) is 2.82. The zero-order valence-corrected chi connectivity index (χ0v) is 13.5. The van der Waals surface area contributed by atoms with Crippen molar-refractivity contribution in [1.29, 1.82) is 0 Å². The Kier molecular flexibility index (Phi) is 3.59. The van der Waals surface area contributed by atoms with Crippen molar-refractivity contribution in [1.82, 2.24) is 25.1 Å². The summed E-state index contributed by atoms with van der Waals surface area (Å²) in [7, 11) is 0. The van der Waals surface area contributed by atoms with Crippen LogP contribution in [0.4, 0.5) is 0 Å². The average Bonchev–Trinajstić information content (AvgIpc) is 3.18. The van der Waals surface area contributed by atoms with Crippen LogP contribution in [0.15, 0.2) is 36.0 Å². The topological polar surface area (TPSA) is 74.8 Å².